The largest absolute Gasteiger partial charge is 0.356 e. The van der Waals surface area contributed by atoms with Crippen LogP contribution >= 0.6 is 24.0 Å². The number of hydrogen-bond acceptors (Lipinski definition) is 1. The van der Waals surface area contributed by atoms with Crippen LogP contribution in [0.5, 0.6) is 0 Å². The van der Waals surface area contributed by atoms with Crippen LogP contribution in [0, 0.1) is 5.92 Å². The van der Waals surface area contributed by atoms with Crippen LogP contribution in [0.25, 0.3) is 0 Å². The minimum atomic E-state index is 0. The molecule has 0 aromatic heterocycles. The van der Waals surface area contributed by atoms with Crippen molar-refractivity contribution in [3.63, 3.8) is 0 Å². The third-order valence-electron chi connectivity index (χ3n) is 2.68. The zero-order chi connectivity index (χ0) is 13.4. The Morgan fingerprint density at radius 3 is 2.37 bits per heavy atom. The van der Waals surface area contributed by atoms with Crippen LogP contribution in [0.2, 0.25) is 0 Å². The van der Waals surface area contributed by atoms with Gasteiger partial charge in [0.2, 0.25) is 0 Å². The van der Waals surface area contributed by atoms with Crippen molar-refractivity contribution in [3.8, 4) is 0 Å². The Morgan fingerprint density at radius 2 is 1.84 bits per heavy atom. The van der Waals surface area contributed by atoms with Crippen molar-refractivity contribution in [3.05, 3.63) is 35.9 Å². The second-order valence-electron chi connectivity index (χ2n) is 5.13. The maximum atomic E-state index is 4.62. The summed E-state index contributed by atoms with van der Waals surface area (Å²) in [5.74, 6) is 1.68. The van der Waals surface area contributed by atoms with Gasteiger partial charge in [-0.25, -0.2) is 4.99 Å². The van der Waals surface area contributed by atoms with Crippen LogP contribution in [0.4, 0.5) is 0 Å². The number of nitrogens with one attached hydrogen (secondary N) is 1. The normalized spacial score (nSPS) is 11.1. The highest BCUT2D eigenvalue weighted by atomic mass is 127. The molecule has 0 heterocycles. The summed E-state index contributed by atoms with van der Waals surface area (Å²) in [6.07, 6.45) is 1.16. The molecule has 0 aliphatic heterocycles. The fraction of sp³-hybridized carbons (Fsp3) is 0.533. The lowest BCUT2D eigenvalue weighted by molar-refractivity contribution is 0.538. The SMILES string of the molecule is CC(C)CCNC(=NCc1ccccc1)N(C)C.I. The molecule has 0 aliphatic rings. The zero-order valence-corrected chi connectivity index (χ0v) is 14.7. The first-order valence-electron chi connectivity index (χ1n) is 6.59. The van der Waals surface area contributed by atoms with E-state index in [4.69, 9.17) is 0 Å². The first kappa shape index (κ1) is 18.2. The van der Waals surface area contributed by atoms with Gasteiger partial charge in [-0.3, -0.25) is 0 Å². The van der Waals surface area contributed by atoms with Crippen molar-refractivity contribution in [1.82, 2.24) is 10.2 Å². The quantitative estimate of drug-likeness (QED) is 0.486. The molecular weight excluding hydrogens is 349 g/mol. The van der Waals surface area contributed by atoms with Crippen LogP contribution in [-0.4, -0.2) is 31.5 Å². The summed E-state index contributed by atoms with van der Waals surface area (Å²) in [6.45, 7) is 6.17. The molecule has 0 saturated carbocycles. The summed E-state index contributed by atoms with van der Waals surface area (Å²) in [6, 6.07) is 10.3. The van der Waals surface area contributed by atoms with Crippen molar-refractivity contribution in [2.45, 2.75) is 26.8 Å². The lowest BCUT2D eigenvalue weighted by atomic mass is 10.1. The minimum absolute atomic E-state index is 0. The van der Waals surface area contributed by atoms with Crippen molar-refractivity contribution >= 4 is 29.9 Å². The maximum Gasteiger partial charge on any atom is 0.193 e. The van der Waals surface area contributed by atoms with Gasteiger partial charge in [0.05, 0.1) is 6.54 Å². The summed E-state index contributed by atoms with van der Waals surface area (Å²) >= 11 is 0. The van der Waals surface area contributed by atoms with Crippen molar-refractivity contribution in [2.75, 3.05) is 20.6 Å². The van der Waals surface area contributed by atoms with E-state index in [1.807, 2.05) is 37.2 Å². The third-order valence-corrected chi connectivity index (χ3v) is 2.68. The summed E-state index contributed by atoms with van der Waals surface area (Å²) in [7, 11) is 4.04. The van der Waals surface area contributed by atoms with Gasteiger partial charge in [-0.15, -0.1) is 24.0 Å². The molecular formula is C15H26IN3. The molecule has 1 rings (SSSR count). The molecule has 0 atom stereocenters. The Labute approximate surface area is 134 Å². The van der Waals surface area contributed by atoms with Gasteiger partial charge in [0, 0.05) is 20.6 Å². The van der Waals surface area contributed by atoms with E-state index in [1.54, 1.807) is 0 Å². The summed E-state index contributed by atoms with van der Waals surface area (Å²) in [4.78, 5) is 6.65. The van der Waals surface area contributed by atoms with Gasteiger partial charge < -0.3 is 10.2 Å². The van der Waals surface area contributed by atoms with Gasteiger partial charge >= 0.3 is 0 Å². The summed E-state index contributed by atoms with van der Waals surface area (Å²) < 4.78 is 0. The van der Waals surface area contributed by atoms with Crippen molar-refractivity contribution < 1.29 is 0 Å². The molecule has 4 heteroatoms. The number of rotatable bonds is 5. The molecule has 108 valence electrons. The number of halogens is 1. The summed E-state index contributed by atoms with van der Waals surface area (Å²) in [5.41, 5.74) is 1.24. The molecule has 19 heavy (non-hydrogen) atoms. The van der Waals surface area contributed by atoms with Gasteiger partial charge in [-0.05, 0) is 17.9 Å². The van der Waals surface area contributed by atoms with Gasteiger partial charge in [0.15, 0.2) is 5.96 Å². The van der Waals surface area contributed by atoms with Gasteiger partial charge in [-0.2, -0.15) is 0 Å². The molecule has 0 saturated heterocycles. The monoisotopic (exact) mass is 375 g/mol. The van der Waals surface area contributed by atoms with Crippen molar-refractivity contribution in [1.29, 1.82) is 0 Å². The Bertz CT molecular complexity index is 361. The van der Waals surface area contributed by atoms with E-state index in [-0.39, 0.29) is 24.0 Å². The number of aliphatic imine (C=N–C) groups is 1. The second-order valence-corrected chi connectivity index (χ2v) is 5.13. The minimum Gasteiger partial charge on any atom is -0.356 e. The smallest absolute Gasteiger partial charge is 0.193 e. The summed E-state index contributed by atoms with van der Waals surface area (Å²) in [5, 5.41) is 3.40. The van der Waals surface area contributed by atoms with Gasteiger partial charge in [0.25, 0.3) is 0 Å². The predicted molar refractivity (Wildman–Crippen MR) is 94.1 cm³/mol. The van der Waals surface area contributed by atoms with Gasteiger partial charge in [0.1, 0.15) is 0 Å². The van der Waals surface area contributed by atoms with E-state index in [0.29, 0.717) is 0 Å². The molecule has 0 unspecified atom stereocenters. The first-order chi connectivity index (χ1) is 8.59. The van der Waals surface area contributed by atoms with Crippen LogP contribution in [0.3, 0.4) is 0 Å². The average molecular weight is 375 g/mol. The number of hydrogen-bond donors (Lipinski definition) is 1. The molecule has 0 aliphatic carbocycles. The molecule has 0 spiro atoms. The zero-order valence-electron chi connectivity index (χ0n) is 12.4. The highest BCUT2D eigenvalue weighted by Crippen LogP contribution is 2.01. The lowest BCUT2D eigenvalue weighted by Gasteiger charge is -2.18. The molecule has 0 bridgehead atoms. The fourth-order valence-corrected chi connectivity index (χ4v) is 1.58. The molecule has 0 amide bonds. The molecule has 3 nitrogen and oxygen atoms in total. The van der Waals surface area contributed by atoms with Crippen LogP contribution < -0.4 is 5.32 Å². The number of nitrogens with zero attached hydrogens (tertiary/aromatic N) is 2. The van der Waals surface area contributed by atoms with Crippen LogP contribution in [0.1, 0.15) is 25.8 Å². The van der Waals surface area contributed by atoms with Gasteiger partial charge in [-0.1, -0.05) is 44.2 Å². The molecule has 1 N–H and O–H groups in total. The highest BCUT2D eigenvalue weighted by Gasteiger charge is 2.01. The topological polar surface area (TPSA) is 27.6 Å². The maximum absolute atomic E-state index is 4.62. The molecule has 0 radical (unpaired) electrons. The average Bonchev–Trinajstić information content (AvgIpc) is 2.34. The Hall–Kier alpha value is -0.780. The highest BCUT2D eigenvalue weighted by molar-refractivity contribution is 14.0. The predicted octanol–water partition coefficient (Wildman–Crippen LogP) is 3.36. The van der Waals surface area contributed by atoms with E-state index < -0.39 is 0 Å². The lowest BCUT2D eigenvalue weighted by Crippen LogP contribution is -2.37. The number of benzene rings is 1. The van der Waals surface area contributed by atoms with E-state index >= 15 is 0 Å². The number of guanidine groups is 1. The van der Waals surface area contributed by atoms with E-state index in [1.165, 1.54) is 5.56 Å². The van der Waals surface area contributed by atoms with E-state index in [2.05, 4.69) is 36.3 Å². The Balaban J connectivity index is 0.00000324. The van der Waals surface area contributed by atoms with E-state index in [0.717, 1.165) is 31.4 Å². The van der Waals surface area contributed by atoms with Crippen LogP contribution in [0.15, 0.2) is 35.3 Å². The van der Waals surface area contributed by atoms with Crippen LogP contribution in [-0.2, 0) is 6.54 Å². The van der Waals surface area contributed by atoms with E-state index in [9.17, 15) is 0 Å². The Kier molecular flexibility index (Phi) is 9.65. The first-order valence-corrected chi connectivity index (χ1v) is 6.59. The third kappa shape index (κ3) is 8.08. The standard InChI is InChI=1S/C15H25N3.HI/c1-13(2)10-11-16-15(18(3)4)17-12-14-8-6-5-7-9-14;/h5-9,13H,10-12H2,1-4H3,(H,16,17);1H. The second kappa shape index (κ2) is 10.1. The molecule has 0 fully saturated rings. The molecule has 1 aromatic rings. The fourth-order valence-electron chi connectivity index (χ4n) is 1.58. The Morgan fingerprint density at radius 1 is 1.21 bits per heavy atom. The van der Waals surface area contributed by atoms with Crippen molar-refractivity contribution in [2.24, 2.45) is 10.9 Å². The molecule has 1 aromatic carbocycles.